The fourth-order valence-electron chi connectivity index (χ4n) is 0.711. The van der Waals surface area contributed by atoms with Gasteiger partial charge in [-0.3, -0.25) is 10.1 Å². The number of hydrogen-bond donors (Lipinski definition) is 1. The van der Waals surface area contributed by atoms with Crippen LogP contribution in [0, 0.1) is 17.0 Å². The van der Waals surface area contributed by atoms with Crippen LogP contribution in [0.3, 0.4) is 0 Å². The topological polar surface area (TPSA) is 82.0 Å². The molecule has 0 atom stereocenters. The maximum absolute atomic E-state index is 10.3. The van der Waals surface area contributed by atoms with Gasteiger partial charge in [-0.1, -0.05) is 74.7 Å². The van der Waals surface area contributed by atoms with Crippen LogP contribution in [-0.2, 0) is 0 Å². The van der Waals surface area contributed by atoms with E-state index >= 15 is 0 Å². The maximum atomic E-state index is 10.3. The summed E-state index contributed by atoms with van der Waals surface area (Å²) in [5, 5.41) is 10.3. The van der Waals surface area contributed by atoms with E-state index in [4.69, 9.17) is 5.73 Å². The number of nitro groups is 1. The van der Waals surface area contributed by atoms with Crippen LogP contribution >= 0.6 is 67.8 Å². The Bertz CT molecular complexity index is 394. The highest BCUT2D eigenvalue weighted by Gasteiger charge is 2.12. The number of aryl methyl sites for hydroxylation is 1. The summed E-state index contributed by atoms with van der Waals surface area (Å²) in [6.45, 7) is 3.91. The van der Waals surface area contributed by atoms with Crippen molar-refractivity contribution < 1.29 is 4.92 Å². The molecular weight excluding hydrogens is 563 g/mol. The molecule has 0 aliphatic heterocycles. The van der Waals surface area contributed by atoms with Crippen molar-refractivity contribution in [2.24, 2.45) is 0 Å². The monoisotopic (exact) mass is 575 g/mol. The molecule has 0 saturated heterocycles. The molecule has 0 amide bonds. The zero-order valence-corrected chi connectivity index (χ0v) is 15.8. The Kier molecular flexibility index (Phi) is 8.11. The van der Waals surface area contributed by atoms with Crippen molar-refractivity contribution >= 4 is 79.3 Å². The molecule has 0 aromatic carbocycles. The van der Waals surface area contributed by atoms with E-state index in [2.05, 4.69) is 79.7 Å². The second-order valence-corrected chi connectivity index (χ2v) is 14.9. The number of nitrogens with zero attached hydrogens (tertiary/aromatic N) is 2. The molecule has 2 N–H and O–H groups in total. The maximum Gasteiger partial charge on any atom is 0.311 e. The minimum absolute atomic E-state index is 0.0411. The first kappa shape index (κ1) is 17.5. The predicted molar refractivity (Wildman–Crippen MR) is 95.1 cm³/mol. The summed E-state index contributed by atoms with van der Waals surface area (Å²) in [4.78, 5) is 13.3. The quantitative estimate of drug-likeness (QED) is 0.248. The Morgan fingerprint density at radius 2 is 2.00 bits per heavy atom. The van der Waals surface area contributed by atoms with Gasteiger partial charge >= 0.3 is 5.69 Å². The first-order valence-electron chi connectivity index (χ1n) is 4.60. The van der Waals surface area contributed by atoms with Crippen LogP contribution in [-0.4, -0.2) is 9.34 Å². The lowest BCUT2D eigenvalue weighted by atomic mass is 10.3. The normalized spacial score (nSPS) is 10.4. The summed E-state index contributed by atoms with van der Waals surface area (Å²) in [5.41, 5.74) is 5.83. The highest BCUT2D eigenvalue weighted by atomic mass is 127. The molecule has 0 aliphatic carbocycles. The molecule has 0 spiro atoms. The Labute approximate surface area is 141 Å². The predicted octanol–water partition coefficient (Wildman–Crippen LogP) is 4.24. The lowest BCUT2D eigenvalue weighted by Gasteiger charge is -2.04. The zero-order chi connectivity index (χ0) is 13.6. The number of alkyl halides is 3. The SMILES string of the molecule is CCC(I)(I)I.Cc1cnc(N)c([N+](=O)[O-])c1. The van der Waals surface area contributed by atoms with Gasteiger partial charge in [0.05, 0.1) is 4.92 Å². The number of hydrogen-bond acceptors (Lipinski definition) is 4. The molecule has 5 nitrogen and oxygen atoms in total. The molecule has 1 aromatic heterocycles. The van der Waals surface area contributed by atoms with Gasteiger partial charge in [0.25, 0.3) is 0 Å². The van der Waals surface area contributed by atoms with Crippen molar-refractivity contribution in [1.82, 2.24) is 4.98 Å². The molecule has 8 heteroatoms. The van der Waals surface area contributed by atoms with Crippen molar-refractivity contribution in [2.45, 2.75) is 19.7 Å². The molecule has 1 rings (SSSR count). The van der Waals surface area contributed by atoms with E-state index in [0.29, 0.717) is -0.565 Å². The average Bonchev–Trinajstić information content (AvgIpc) is 2.21. The lowest BCUT2D eigenvalue weighted by Crippen LogP contribution is -1.98. The van der Waals surface area contributed by atoms with Gasteiger partial charge in [0, 0.05) is 12.3 Å². The van der Waals surface area contributed by atoms with E-state index in [1.807, 2.05) is 0 Å². The van der Waals surface area contributed by atoms with Crippen LogP contribution in [0.5, 0.6) is 0 Å². The minimum Gasteiger partial charge on any atom is -0.378 e. The molecule has 0 saturated carbocycles. The van der Waals surface area contributed by atoms with Crippen LogP contribution in [0.15, 0.2) is 12.3 Å². The van der Waals surface area contributed by atoms with Crippen LogP contribution < -0.4 is 5.73 Å². The molecule has 0 fully saturated rings. The Balaban J connectivity index is 0.000000366. The van der Waals surface area contributed by atoms with Crippen LogP contribution in [0.4, 0.5) is 11.5 Å². The molecular formula is C9H12I3N3O2. The molecule has 0 aliphatic rings. The van der Waals surface area contributed by atoms with E-state index in [-0.39, 0.29) is 11.5 Å². The number of halogens is 3. The number of rotatable bonds is 2. The molecule has 0 radical (unpaired) electrons. The third-order valence-electron chi connectivity index (χ3n) is 1.63. The van der Waals surface area contributed by atoms with E-state index in [1.165, 1.54) is 18.7 Å². The fourth-order valence-corrected chi connectivity index (χ4v) is 0.711. The molecule has 1 heterocycles. The number of nitrogens with two attached hydrogens (primary N) is 1. The molecule has 0 bridgehead atoms. The van der Waals surface area contributed by atoms with Crippen molar-refractivity contribution in [2.75, 3.05) is 5.73 Å². The van der Waals surface area contributed by atoms with Crippen molar-refractivity contribution in [3.05, 3.63) is 27.9 Å². The number of anilines is 1. The van der Waals surface area contributed by atoms with Crippen molar-refractivity contribution in [1.29, 1.82) is 0 Å². The second-order valence-electron chi connectivity index (χ2n) is 3.14. The van der Waals surface area contributed by atoms with Crippen LogP contribution in [0.2, 0.25) is 0 Å². The summed E-state index contributed by atoms with van der Waals surface area (Å²) in [5.74, 6) is -0.0411. The van der Waals surface area contributed by atoms with Gasteiger partial charge < -0.3 is 5.73 Å². The fraction of sp³-hybridized carbons (Fsp3) is 0.444. The Morgan fingerprint density at radius 1 is 1.53 bits per heavy atom. The highest BCUT2D eigenvalue weighted by Crippen LogP contribution is 2.38. The van der Waals surface area contributed by atoms with Gasteiger partial charge in [0.1, 0.15) is -0.565 Å². The van der Waals surface area contributed by atoms with E-state index < -0.39 is 4.92 Å². The number of pyridine rings is 1. The van der Waals surface area contributed by atoms with Gasteiger partial charge in [-0.15, -0.1) is 0 Å². The summed E-state index contributed by atoms with van der Waals surface area (Å²) in [7, 11) is 0. The molecule has 1 aromatic rings. The van der Waals surface area contributed by atoms with Crippen molar-refractivity contribution in [3.63, 3.8) is 0 Å². The zero-order valence-electron chi connectivity index (χ0n) is 9.28. The van der Waals surface area contributed by atoms with Crippen molar-refractivity contribution in [3.8, 4) is 0 Å². The Morgan fingerprint density at radius 3 is 2.29 bits per heavy atom. The van der Waals surface area contributed by atoms with Gasteiger partial charge in [-0.05, 0) is 18.9 Å². The van der Waals surface area contributed by atoms with E-state index in [9.17, 15) is 10.1 Å². The number of nitrogen functional groups attached to an aromatic ring is 1. The Hall–Kier alpha value is 0.540. The summed E-state index contributed by atoms with van der Waals surface area (Å²) >= 11 is 7.24. The largest absolute Gasteiger partial charge is 0.378 e. The van der Waals surface area contributed by atoms with Gasteiger partial charge in [-0.25, -0.2) is 4.98 Å². The first-order chi connectivity index (χ1) is 7.67. The van der Waals surface area contributed by atoms with E-state index in [0.717, 1.165) is 5.56 Å². The highest BCUT2D eigenvalue weighted by molar-refractivity contribution is 14.3. The molecule has 96 valence electrons. The second kappa shape index (κ2) is 7.86. The summed E-state index contributed by atoms with van der Waals surface area (Å²) in [6, 6.07) is 1.39. The van der Waals surface area contributed by atoms with Crippen LogP contribution in [0.1, 0.15) is 18.9 Å². The lowest BCUT2D eigenvalue weighted by molar-refractivity contribution is -0.384. The van der Waals surface area contributed by atoms with Crippen LogP contribution in [0.25, 0.3) is 0 Å². The smallest absolute Gasteiger partial charge is 0.311 e. The molecule has 0 unspecified atom stereocenters. The molecule has 17 heavy (non-hydrogen) atoms. The number of aromatic nitrogens is 1. The summed E-state index contributed by atoms with van der Waals surface area (Å²) < 4.78 is 0.452. The van der Waals surface area contributed by atoms with Gasteiger partial charge in [0.15, 0.2) is 0 Å². The van der Waals surface area contributed by atoms with E-state index in [1.54, 1.807) is 6.92 Å². The average molecular weight is 575 g/mol. The standard InChI is InChI=1S/C6H7N3O2.C3H5I3/c1-4-2-5(9(10)11)6(7)8-3-4;1-2-3(4,5)6/h2-3H,1H3,(H2,7,8);2H2,1H3. The third-order valence-corrected chi connectivity index (χ3v) is 3.92. The minimum atomic E-state index is -0.546. The first-order valence-corrected chi connectivity index (χ1v) is 7.84. The van der Waals surface area contributed by atoms with Gasteiger partial charge in [-0.2, -0.15) is 0 Å². The summed E-state index contributed by atoms with van der Waals surface area (Å²) in [6.07, 6.45) is 2.72. The third kappa shape index (κ3) is 8.29. The van der Waals surface area contributed by atoms with Gasteiger partial charge in [0.2, 0.25) is 5.82 Å².